The van der Waals surface area contributed by atoms with Crippen molar-refractivity contribution < 1.29 is 23.1 Å². The maximum atomic E-state index is 13.4. The third-order valence-corrected chi connectivity index (χ3v) is 5.72. The highest BCUT2D eigenvalue weighted by Gasteiger charge is 2.22. The topological polar surface area (TPSA) is 49.9 Å². The van der Waals surface area contributed by atoms with Crippen LogP contribution >= 0.6 is 0 Å². The number of hydrogen-bond donors (Lipinski definition) is 0. The van der Waals surface area contributed by atoms with Gasteiger partial charge in [-0.15, -0.1) is 0 Å². The number of nitrogens with zero attached hydrogens (tertiary/aromatic N) is 2. The van der Waals surface area contributed by atoms with Gasteiger partial charge >= 0.3 is 0 Å². The standard InChI is InChI=1S/C23H24F2N2O3/c24-21-6-3-18(15-22(21)25)26-8-10-27(11-9-26)23(29)7-12-30-20-5-2-16-13-19(28)4-1-17(16)14-20/h2-3,5-6,14-15H,1,4,7-13H2. The highest BCUT2D eigenvalue weighted by Crippen LogP contribution is 2.24. The molecule has 0 radical (unpaired) electrons. The van der Waals surface area contributed by atoms with Crippen LogP contribution in [0.4, 0.5) is 14.5 Å². The van der Waals surface area contributed by atoms with Crippen LogP contribution in [0.25, 0.3) is 0 Å². The van der Waals surface area contributed by atoms with Gasteiger partial charge < -0.3 is 14.5 Å². The zero-order chi connectivity index (χ0) is 21.1. The maximum Gasteiger partial charge on any atom is 0.226 e. The Morgan fingerprint density at radius 2 is 1.73 bits per heavy atom. The summed E-state index contributed by atoms with van der Waals surface area (Å²) in [5.74, 6) is -0.717. The summed E-state index contributed by atoms with van der Waals surface area (Å²) in [5, 5.41) is 0. The summed E-state index contributed by atoms with van der Waals surface area (Å²) in [6, 6.07) is 9.61. The molecule has 2 aliphatic rings. The lowest BCUT2D eigenvalue weighted by atomic mass is 9.91. The van der Waals surface area contributed by atoms with E-state index in [2.05, 4.69) is 0 Å². The first-order valence-electron chi connectivity index (χ1n) is 10.2. The Hall–Kier alpha value is -2.96. The number of rotatable bonds is 5. The van der Waals surface area contributed by atoms with Crippen LogP contribution in [0.2, 0.25) is 0 Å². The minimum atomic E-state index is -0.864. The average Bonchev–Trinajstić information content (AvgIpc) is 2.76. The van der Waals surface area contributed by atoms with Gasteiger partial charge in [0.25, 0.3) is 0 Å². The van der Waals surface area contributed by atoms with Crippen molar-refractivity contribution in [2.75, 3.05) is 37.7 Å². The number of carbonyl (C=O) groups excluding carboxylic acids is 2. The summed E-state index contributed by atoms with van der Waals surface area (Å²) in [4.78, 5) is 27.7. The predicted molar refractivity (Wildman–Crippen MR) is 109 cm³/mol. The third kappa shape index (κ3) is 4.61. The number of Topliss-reactive ketones (excluding diaryl/α,β-unsaturated/α-hetero) is 1. The van der Waals surface area contributed by atoms with E-state index in [0.717, 1.165) is 29.4 Å². The van der Waals surface area contributed by atoms with Gasteiger partial charge in [-0.05, 0) is 41.8 Å². The Kier molecular flexibility index (Phi) is 5.97. The van der Waals surface area contributed by atoms with Gasteiger partial charge in [0.05, 0.1) is 13.0 Å². The van der Waals surface area contributed by atoms with E-state index in [1.165, 1.54) is 6.07 Å². The van der Waals surface area contributed by atoms with Crippen LogP contribution in [0.15, 0.2) is 36.4 Å². The molecule has 0 N–H and O–H groups in total. The Labute approximate surface area is 174 Å². The Balaban J connectivity index is 1.23. The first-order valence-corrected chi connectivity index (χ1v) is 10.2. The van der Waals surface area contributed by atoms with E-state index in [4.69, 9.17) is 4.74 Å². The fourth-order valence-corrected chi connectivity index (χ4v) is 3.98. The van der Waals surface area contributed by atoms with Crippen molar-refractivity contribution >= 4 is 17.4 Å². The molecule has 1 fully saturated rings. The summed E-state index contributed by atoms with van der Waals surface area (Å²) in [6.45, 7) is 2.50. The third-order valence-electron chi connectivity index (χ3n) is 5.72. The van der Waals surface area contributed by atoms with Crippen molar-refractivity contribution in [3.05, 3.63) is 59.2 Å². The molecule has 158 valence electrons. The molecule has 5 nitrogen and oxygen atoms in total. The van der Waals surface area contributed by atoms with Crippen LogP contribution in [0.1, 0.15) is 24.0 Å². The van der Waals surface area contributed by atoms with Gasteiger partial charge in [-0.2, -0.15) is 0 Å². The van der Waals surface area contributed by atoms with E-state index in [0.29, 0.717) is 51.3 Å². The van der Waals surface area contributed by atoms with Crippen LogP contribution < -0.4 is 9.64 Å². The second-order valence-corrected chi connectivity index (χ2v) is 7.71. The Bertz CT molecular complexity index is 955. The lowest BCUT2D eigenvalue weighted by Gasteiger charge is -2.36. The molecule has 7 heteroatoms. The van der Waals surface area contributed by atoms with Crippen molar-refractivity contribution in [1.29, 1.82) is 0 Å². The zero-order valence-electron chi connectivity index (χ0n) is 16.7. The van der Waals surface area contributed by atoms with E-state index in [1.807, 2.05) is 23.1 Å². The summed E-state index contributed by atoms with van der Waals surface area (Å²) in [7, 11) is 0. The summed E-state index contributed by atoms with van der Waals surface area (Å²) in [5.41, 5.74) is 2.83. The van der Waals surface area contributed by atoms with Gasteiger partial charge in [0.15, 0.2) is 11.6 Å². The Morgan fingerprint density at radius 1 is 0.933 bits per heavy atom. The Morgan fingerprint density at radius 3 is 2.50 bits per heavy atom. The molecule has 0 aromatic heterocycles. The van der Waals surface area contributed by atoms with Crippen LogP contribution in [-0.2, 0) is 22.4 Å². The number of fused-ring (bicyclic) bond motifs is 1. The molecule has 0 bridgehead atoms. The highest BCUT2D eigenvalue weighted by molar-refractivity contribution is 5.83. The molecule has 0 unspecified atom stereocenters. The van der Waals surface area contributed by atoms with Gasteiger partial charge in [-0.3, -0.25) is 9.59 Å². The highest BCUT2D eigenvalue weighted by atomic mass is 19.2. The van der Waals surface area contributed by atoms with Gasteiger partial charge in [0.1, 0.15) is 11.5 Å². The largest absolute Gasteiger partial charge is 0.493 e. The van der Waals surface area contributed by atoms with Crippen molar-refractivity contribution in [3.8, 4) is 5.75 Å². The van der Waals surface area contributed by atoms with Gasteiger partial charge in [-0.1, -0.05) is 6.07 Å². The summed E-state index contributed by atoms with van der Waals surface area (Å²) < 4.78 is 32.3. The molecule has 1 aliphatic carbocycles. The number of hydrogen-bond acceptors (Lipinski definition) is 4. The van der Waals surface area contributed by atoms with Crippen LogP contribution in [0, 0.1) is 11.6 Å². The van der Waals surface area contributed by atoms with Crippen LogP contribution in [0.3, 0.4) is 0 Å². The summed E-state index contributed by atoms with van der Waals surface area (Å²) >= 11 is 0. The van der Waals surface area contributed by atoms with Gasteiger partial charge in [0.2, 0.25) is 5.91 Å². The predicted octanol–water partition coefficient (Wildman–Crippen LogP) is 3.14. The van der Waals surface area contributed by atoms with E-state index < -0.39 is 11.6 Å². The smallest absolute Gasteiger partial charge is 0.226 e. The molecule has 4 rings (SSSR count). The molecule has 1 heterocycles. The number of ketones is 1. The molecule has 30 heavy (non-hydrogen) atoms. The van der Waals surface area contributed by atoms with Gasteiger partial charge in [0, 0.05) is 50.8 Å². The molecular formula is C23H24F2N2O3. The number of halogens is 2. The molecule has 1 amide bonds. The molecule has 0 spiro atoms. The fourth-order valence-electron chi connectivity index (χ4n) is 3.98. The number of ether oxygens (including phenoxy) is 1. The lowest BCUT2D eigenvalue weighted by Crippen LogP contribution is -2.49. The molecule has 2 aromatic carbocycles. The minimum absolute atomic E-state index is 0.0171. The number of piperazine rings is 1. The average molecular weight is 414 g/mol. The van der Waals surface area contributed by atoms with Crippen LogP contribution in [-0.4, -0.2) is 49.4 Å². The molecule has 0 atom stereocenters. The molecule has 1 aliphatic heterocycles. The second kappa shape index (κ2) is 8.81. The SMILES string of the molecule is O=C1CCc2cc(OCCC(=O)N3CCN(c4ccc(F)c(F)c4)CC3)ccc2C1. The molecule has 0 saturated carbocycles. The van der Waals surface area contributed by atoms with Crippen molar-refractivity contribution in [1.82, 2.24) is 4.90 Å². The minimum Gasteiger partial charge on any atom is -0.493 e. The van der Waals surface area contributed by atoms with E-state index >= 15 is 0 Å². The maximum absolute atomic E-state index is 13.4. The van der Waals surface area contributed by atoms with Gasteiger partial charge in [-0.25, -0.2) is 8.78 Å². The van der Waals surface area contributed by atoms with Crippen molar-refractivity contribution in [2.45, 2.75) is 25.7 Å². The first kappa shape index (κ1) is 20.3. The van der Waals surface area contributed by atoms with Crippen molar-refractivity contribution in [3.63, 3.8) is 0 Å². The monoisotopic (exact) mass is 414 g/mol. The summed E-state index contributed by atoms with van der Waals surface area (Å²) in [6.07, 6.45) is 2.09. The number of aryl methyl sites for hydroxylation is 1. The molecule has 2 aromatic rings. The fraction of sp³-hybridized carbons (Fsp3) is 0.391. The van der Waals surface area contributed by atoms with E-state index in [-0.39, 0.29) is 18.1 Å². The van der Waals surface area contributed by atoms with E-state index in [9.17, 15) is 18.4 Å². The lowest BCUT2D eigenvalue weighted by molar-refractivity contribution is -0.132. The van der Waals surface area contributed by atoms with E-state index in [1.54, 1.807) is 11.0 Å². The molecular weight excluding hydrogens is 390 g/mol. The number of anilines is 1. The first-order chi connectivity index (χ1) is 14.5. The number of carbonyl (C=O) groups is 2. The zero-order valence-corrected chi connectivity index (χ0v) is 16.7. The number of benzene rings is 2. The number of amides is 1. The molecule has 1 saturated heterocycles. The van der Waals surface area contributed by atoms with Crippen LogP contribution in [0.5, 0.6) is 5.75 Å². The second-order valence-electron chi connectivity index (χ2n) is 7.71. The quantitative estimate of drug-likeness (QED) is 0.754. The normalized spacial score (nSPS) is 16.4. The van der Waals surface area contributed by atoms with Crippen molar-refractivity contribution in [2.24, 2.45) is 0 Å².